The van der Waals surface area contributed by atoms with Crippen LogP contribution in [0.3, 0.4) is 0 Å². The molecule has 87 valence electrons. The van der Waals surface area contributed by atoms with E-state index in [0.717, 1.165) is 0 Å². The molecule has 0 saturated carbocycles. The Bertz CT molecular complexity index is 109. The van der Waals surface area contributed by atoms with Gasteiger partial charge in [-0.05, 0) is 47.5 Å². The van der Waals surface area contributed by atoms with Gasteiger partial charge in [0.25, 0.3) is 0 Å². The van der Waals surface area contributed by atoms with E-state index in [4.69, 9.17) is 9.78 Å². The lowest BCUT2D eigenvalue weighted by Gasteiger charge is -2.24. The molecule has 0 N–H and O–H groups in total. The molecular weight excluding hydrogens is 176 g/mol. The Hall–Kier alpha value is -0.0800. The van der Waals surface area contributed by atoms with Crippen LogP contribution in [0.5, 0.6) is 0 Å². The van der Waals surface area contributed by atoms with Crippen molar-refractivity contribution in [2.24, 2.45) is 0 Å². The van der Waals surface area contributed by atoms with Gasteiger partial charge in [0.05, 0.1) is 11.2 Å². The predicted octanol–water partition coefficient (Wildman–Crippen LogP) is 4.15. The van der Waals surface area contributed by atoms with E-state index in [-0.39, 0.29) is 11.2 Å². The molecule has 0 aliphatic rings. The van der Waals surface area contributed by atoms with E-state index >= 15 is 0 Å². The zero-order valence-electron chi connectivity index (χ0n) is 11.3. The third kappa shape index (κ3) is 29.7. The summed E-state index contributed by atoms with van der Waals surface area (Å²) in [6.07, 6.45) is 0. The highest BCUT2D eigenvalue weighted by Gasteiger charge is 2.18. The third-order valence-electron chi connectivity index (χ3n) is 0.542. The summed E-state index contributed by atoms with van der Waals surface area (Å²) < 4.78 is 0. The van der Waals surface area contributed by atoms with Crippen LogP contribution in [0.1, 0.15) is 62.3 Å². The van der Waals surface area contributed by atoms with E-state index < -0.39 is 0 Å². The molecule has 0 aromatic heterocycles. The first-order valence-corrected chi connectivity index (χ1v) is 5.07. The van der Waals surface area contributed by atoms with Gasteiger partial charge in [0.1, 0.15) is 0 Å². The van der Waals surface area contributed by atoms with Crippen molar-refractivity contribution in [3.8, 4) is 0 Å². The Kier molecular flexibility index (Phi) is 7.49. The maximum absolute atomic E-state index is 5.09. The molecule has 0 saturated heterocycles. The Labute approximate surface area is 89.9 Å². The molecule has 1 radical (unpaired) electrons. The zero-order valence-corrected chi connectivity index (χ0v) is 11.3. The molecule has 0 spiro atoms. The fourth-order valence-corrected chi connectivity index (χ4v) is 0.250. The molecule has 0 aliphatic heterocycles. The first-order chi connectivity index (χ1) is 5.94. The van der Waals surface area contributed by atoms with Crippen molar-refractivity contribution in [1.29, 1.82) is 0 Å². The summed E-state index contributed by atoms with van der Waals surface area (Å²) in [4.78, 5) is 10.2. The molecule has 2 nitrogen and oxygen atoms in total. The summed E-state index contributed by atoms with van der Waals surface area (Å²) in [6, 6.07) is 0. The van der Waals surface area contributed by atoms with E-state index in [0.29, 0.717) is 0 Å². The summed E-state index contributed by atoms with van der Waals surface area (Å²) >= 11 is 0. The minimum absolute atomic E-state index is 0.215. The highest BCUT2D eigenvalue weighted by atomic mass is 17.2. The van der Waals surface area contributed by atoms with Crippen molar-refractivity contribution in [2.45, 2.75) is 73.5 Å². The monoisotopic (exact) mass is 203 g/mol. The van der Waals surface area contributed by atoms with Gasteiger partial charge < -0.3 is 0 Å². The average molecular weight is 203 g/mol. The van der Waals surface area contributed by atoms with E-state index in [9.17, 15) is 0 Å². The Balaban J connectivity index is 0. The van der Waals surface area contributed by atoms with Crippen LogP contribution in [0, 0.1) is 5.92 Å². The lowest BCUT2D eigenvalue weighted by Crippen LogP contribution is -2.27. The Morgan fingerprint density at radius 2 is 0.786 bits per heavy atom. The van der Waals surface area contributed by atoms with Crippen LogP contribution < -0.4 is 0 Å². The maximum Gasteiger partial charge on any atom is 0.0952 e. The van der Waals surface area contributed by atoms with Crippen LogP contribution in [0.4, 0.5) is 0 Å². The highest BCUT2D eigenvalue weighted by Crippen LogP contribution is 2.14. The summed E-state index contributed by atoms with van der Waals surface area (Å²) in [7, 11) is 0. The topological polar surface area (TPSA) is 18.5 Å². The molecule has 0 aromatic rings. The normalized spacial score (nSPS) is 12.4. The van der Waals surface area contributed by atoms with Crippen LogP contribution in [-0.2, 0) is 9.78 Å². The van der Waals surface area contributed by atoms with Crippen LogP contribution in [0.2, 0.25) is 0 Å². The van der Waals surface area contributed by atoms with Crippen LogP contribution in [0.15, 0.2) is 0 Å². The maximum atomic E-state index is 5.09. The third-order valence-corrected chi connectivity index (χ3v) is 0.542. The van der Waals surface area contributed by atoms with Gasteiger partial charge in [-0.3, -0.25) is 0 Å². The van der Waals surface area contributed by atoms with Crippen molar-refractivity contribution >= 4 is 0 Å². The van der Waals surface area contributed by atoms with Crippen LogP contribution >= 0.6 is 0 Å². The van der Waals surface area contributed by atoms with Crippen molar-refractivity contribution in [3.63, 3.8) is 0 Å². The van der Waals surface area contributed by atoms with Crippen molar-refractivity contribution in [1.82, 2.24) is 0 Å². The number of rotatable bonds is 1. The molecule has 0 unspecified atom stereocenters. The number of hydrogen-bond acceptors (Lipinski definition) is 2. The Morgan fingerprint density at radius 1 is 0.643 bits per heavy atom. The van der Waals surface area contributed by atoms with Gasteiger partial charge in [-0.2, -0.15) is 0 Å². The smallest absolute Gasteiger partial charge is 0.0952 e. The van der Waals surface area contributed by atoms with E-state index in [1.165, 1.54) is 5.92 Å². The van der Waals surface area contributed by atoms with E-state index in [1.54, 1.807) is 0 Å². The fourth-order valence-electron chi connectivity index (χ4n) is 0.250. The Morgan fingerprint density at radius 3 is 0.857 bits per heavy atom. The molecule has 14 heavy (non-hydrogen) atoms. The summed E-state index contributed by atoms with van der Waals surface area (Å²) in [5.74, 6) is 1.42. The first-order valence-electron chi connectivity index (χ1n) is 5.07. The molecule has 2 heteroatoms. The van der Waals surface area contributed by atoms with Gasteiger partial charge in [0.15, 0.2) is 0 Å². The van der Waals surface area contributed by atoms with Gasteiger partial charge in [0.2, 0.25) is 0 Å². The molecule has 0 aliphatic carbocycles. The van der Waals surface area contributed by atoms with Gasteiger partial charge in [-0.15, -0.1) is 0 Å². The van der Waals surface area contributed by atoms with Gasteiger partial charge >= 0.3 is 0 Å². The van der Waals surface area contributed by atoms with E-state index in [1.807, 2.05) is 41.5 Å². The highest BCUT2D eigenvalue weighted by molar-refractivity contribution is 4.65. The average Bonchev–Trinajstić information content (AvgIpc) is 1.79. The summed E-state index contributed by atoms with van der Waals surface area (Å²) in [5.41, 5.74) is -0.430. The molecule has 0 amide bonds. The molecule has 0 heterocycles. The van der Waals surface area contributed by atoms with Crippen LogP contribution in [-0.4, -0.2) is 11.2 Å². The minimum Gasteiger partial charge on any atom is -0.230 e. The van der Waals surface area contributed by atoms with Gasteiger partial charge in [-0.25, -0.2) is 9.78 Å². The quantitative estimate of drug-likeness (QED) is 0.471. The second-order valence-electron chi connectivity index (χ2n) is 5.89. The molecule has 0 fully saturated rings. The minimum atomic E-state index is -0.215. The second kappa shape index (κ2) is 6.41. The SMILES string of the molecule is CC(C)(C)OOC(C)(C)C.C[C](C)C. The largest absolute Gasteiger partial charge is 0.230 e. The predicted molar refractivity (Wildman–Crippen MR) is 61.9 cm³/mol. The van der Waals surface area contributed by atoms with Crippen molar-refractivity contribution < 1.29 is 9.78 Å². The lowest BCUT2D eigenvalue weighted by atomic mass is 10.2. The number of hydrogen-bond donors (Lipinski definition) is 0. The van der Waals surface area contributed by atoms with Crippen LogP contribution in [0.25, 0.3) is 0 Å². The molecule has 0 rings (SSSR count). The zero-order chi connectivity index (χ0) is 12.0. The molecule has 0 bridgehead atoms. The fraction of sp³-hybridized carbons (Fsp3) is 0.917. The van der Waals surface area contributed by atoms with Crippen molar-refractivity contribution in [2.75, 3.05) is 0 Å². The first kappa shape index (κ1) is 16.4. The molecule has 0 aromatic carbocycles. The molecule has 0 atom stereocenters. The molecular formula is C12H27O2. The summed E-state index contributed by atoms with van der Waals surface area (Å²) in [6.45, 7) is 18.0. The van der Waals surface area contributed by atoms with Gasteiger partial charge in [-0.1, -0.05) is 20.8 Å². The second-order valence-corrected chi connectivity index (χ2v) is 5.89. The summed E-state index contributed by atoms with van der Waals surface area (Å²) in [5, 5.41) is 0. The van der Waals surface area contributed by atoms with E-state index in [2.05, 4.69) is 20.8 Å². The van der Waals surface area contributed by atoms with Crippen molar-refractivity contribution in [3.05, 3.63) is 5.92 Å². The standard InChI is InChI=1S/C8H18O2.C4H9/c1-7(2,3)9-10-8(4,5)6;1-4(2)3/h1-6H3;1-3H3. The van der Waals surface area contributed by atoms with Gasteiger partial charge in [0, 0.05) is 0 Å². The lowest BCUT2D eigenvalue weighted by molar-refractivity contribution is -0.393.